The van der Waals surface area contributed by atoms with Crippen LogP contribution in [0.25, 0.3) is 11.5 Å². The second kappa shape index (κ2) is 10.8. The van der Waals surface area contributed by atoms with E-state index < -0.39 is 0 Å². The largest absolute Gasteiger partial charge is 0.349 e. The van der Waals surface area contributed by atoms with E-state index in [0.717, 1.165) is 11.5 Å². The van der Waals surface area contributed by atoms with Crippen molar-refractivity contribution in [3.63, 3.8) is 0 Å². The van der Waals surface area contributed by atoms with Crippen LogP contribution < -0.4 is 0 Å². The molecule has 0 aliphatic heterocycles. The second-order valence-electron chi connectivity index (χ2n) is 4.97. The second-order valence-corrected chi connectivity index (χ2v) is 4.97. The van der Waals surface area contributed by atoms with Gasteiger partial charge < -0.3 is 14.0 Å². The highest BCUT2D eigenvalue weighted by Gasteiger charge is 2.01. The smallest absolute Gasteiger partial charge is 0.218 e. The van der Waals surface area contributed by atoms with Crippen molar-refractivity contribution in [2.45, 2.75) is 14.4 Å². The Bertz CT molecular complexity index is 669. The molecule has 1 amide bonds. The minimum atomic E-state index is 0. The predicted molar refractivity (Wildman–Crippen MR) is 95.1 cm³/mol. The molecule has 0 aliphatic rings. The number of hydrogen-bond acceptors (Lipinski definition) is 4. The lowest BCUT2D eigenvalue weighted by Gasteiger charge is -2.02. The molecule has 0 unspecified atom stereocenters. The van der Waals surface area contributed by atoms with Gasteiger partial charge >= 0.3 is 0 Å². The number of carbonyl (C=O) groups is 1. The molecule has 0 spiro atoms. The van der Waals surface area contributed by atoms with Crippen molar-refractivity contribution < 1.29 is 4.79 Å². The minimum absolute atomic E-state index is 0. The molecule has 0 atom stereocenters. The van der Waals surface area contributed by atoms with Gasteiger partial charge in [-0.05, 0) is 6.07 Å². The minimum Gasteiger partial charge on any atom is -0.349 e. The quantitative estimate of drug-likeness (QED) is 0.738. The van der Waals surface area contributed by atoms with Gasteiger partial charge in [0.2, 0.25) is 5.91 Å². The van der Waals surface area contributed by atoms with Crippen molar-refractivity contribution in [1.29, 1.82) is 0 Å². The Kier molecular flexibility index (Phi) is 9.46. The van der Waals surface area contributed by atoms with Crippen LogP contribution in [0.3, 0.4) is 0 Å². The molecule has 0 aliphatic carbocycles. The van der Waals surface area contributed by atoms with Gasteiger partial charge in [-0.15, -0.1) is 0 Å². The fourth-order valence-electron chi connectivity index (χ4n) is 1.33. The zero-order valence-corrected chi connectivity index (χ0v) is 14.1. The third-order valence-corrected chi connectivity index (χ3v) is 2.83. The number of nitrogens with one attached hydrogen (secondary N) is 1. The summed E-state index contributed by atoms with van der Waals surface area (Å²) in [6.45, 7) is 1.53. The van der Waals surface area contributed by atoms with Crippen molar-refractivity contribution in [1.82, 2.24) is 34.2 Å². The van der Waals surface area contributed by atoms with Crippen LogP contribution in [0.1, 0.15) is 14.4 Å². The van der Waals surface area contributed by atoms with Gasteiger partial charge in [0.25, 0.3) is 0 Å². The summed E-state index contributed by atoms with van der Waals surface area (Å²) in [5.74, 6) is 0.998. The fraction of sp³-hybridized carbons (Fsp3) is 0.375. The van der Waals surface area contributed by atoms with Crippen molar-refractivity contribution in [3.05, 3.63) is 43.4 Å². The van der Waals surface area contributed by atoms with Crippen molar-refractivity contribution in [2.75, 3.05) is 14.1 Å². The van der Waals surface area contributed by atoms with E-state index in [1.807, 2.05) is 41.7 Å². The topological polar surface area (TPSA) is 84.6 Å². The third-order valence-electron chi connectivity index (χ3n) is 2.83. The number of imidazole rings is 2. The molecule has 0 aromatic carbocycles. The maximum absolute atomic E-state index is 10.1. The van der Waals surface area contributed by atoms with E-state index in [1.54, 1.807) is 39.0 Å². The summed E-state index contributed by atoms with van der Waals surface area (Å²) in [5.41, 5.74) is 0.942. The first-order valence-electron chi connectivity index (χ1n) is 6.98. The first-order chi connectivity index (χ1) is 10.9. The van der Waals surface area contributed by atoms with Gasteiger partial charge in [0.15, 0.2) is 5.82 Å². The number of aromatic nitrogens is 6. The van der Waals surface area contributed by atoms with Gasteiger partial charge in [-0.1, -0.05) is 7.43 Å². The monoisotopic (exact) mass is 333 g/mol. The Morgan fingerprint density at radius 3 is 2.12 bits per heavy atom. The van der Waals surface area contributed by atoms with Crippen LogP contribution in [-0.2, 0) is 18.9 Å². The summed E-state index contributed by atoms with van der Waals surface area (Å²) < 4.78 is 3.83. The molecule has 3 aromatic heterocycles. The molecule has 0 fully saturated rings. The van der Waals surface area contributed by atoms with Gasteiger partial charge in [-0.2, -0.15) is 5.10 Å². The SMILES string of the molecule is C.CC(=O)N(C)C.Cn1ccnc1.Cn1ccnc1-c1ccn[nH]1. The molecular formula is C16H27N7O. The summed E-state index contributed by atoms with van der Waals surface area (Å²) >= 11 is 0. The van der Waals surface area contributed by atoms with Crippen LogP contribution in [0, 0.1) is 0 Å². The number of amides is 1. The Hall–Kier alpha value is -2.90. The molecule has 0 radical (unpaired) electrons. The summed E-state index contributed by atoms with van der Waals surface area (Å²) in [4.78, 5) is 19.5. The Balaban J connectivity index is 0.000000353. The standard InChI is InChI=1S/C7H8N4.C4H6N2.C4H9NO.CH4/c1-11-5-4-8-7(11)6-2-3-9-10-6;1-6-3-2-5-4-6;1-4(6)5(2)3;/h2-5H,1H3,(H,9,10);2-4H,1H3;1-3H3;1H4. The normalized spacial score (nSPS) is 8.88. The first kappa shape index (κ1) is 21.1. The first-order valence-corrected chi connectivity index (χ1v) is 6.98. The highest BCUT2D eigenvalue weighted by atomic mass is 16.2. The van der Waals surface area contributed by atoms with Gasteiger partial charge in [-0.25, -0.2) is 9.97 Å². The van der Waals surface area contributed by atoms with E-state index in [2.05, 4.69) is 20.2 Å². The van der Waals surface area contributed by atoms with Crippen LogP contribution in [0.5, 0.6) is 0 Å². The summed E-state index contributed by atoms with van der Waals surface area (Å²) in [7, 11) is 7.33. The van der Waals surface area contributed by atoms with E-state index >= 15 is 0 Å². The summed E-state index contributed by atoms with van der Waals surface area (Å²) in [5, 5.41) is 6.69. The highest BCUT2D eigenvalue weighted by Crippen LogP contribution is 2.10. The lowest BCUT2D eigenvalue weighted by molar-refractivity contribution is -0.126. The van der Waals surface area contributed by atoms with E-state index in [-0.39, 0.29) is 13.3 Å². The third kappa shape index (κ3) is 7.39. The highest BCUT2D eigenvalue weighted by molar-refractivity contribution is 5.72. The number of aryl methyl sites for hydroxylation is 2. The van der Waals surface area contributed by atoms with E-state index in [0.29, 0.717) is 0 Å². The van der Waals surface area contributed by atoms with Gasteiger partial charge in [0, 0.05) is 66.1 Å². The van der Waals surface area contributed by atoms with Gasteiger partial charge in [0.1, 0.15) is 5.69 Å². The number of rotatable bonds is 1. The summed E-state index contributed by atoms with van der Waals surface area (Å²) in [6.07, 6.45) is 10.8. The number of H-pyrrole nitrogens is 1. The predicted octanol–water partition coefficient (Wildman–Crippen LogP) is 1.96. The summed E-state index contributed by atoms with van der Waals surface area (Å²) in [6, 6.07) is 1.89. The molecule has 1 N–H and O–H groups in total. The van der Waals surface area contributed by atoms with E-state index in [9.17, 15) is 4.79 Å². The number of nitrogens with zero attached hydrogens (tertiary/aromatic N) is 6. The number of hydrogen-bond donors (Lipinski definition) is 1. The average molecular weight is 333 g/mol. The molecule has 24 heavy (non-hydrogen) atoms. The molecular weight excluding hydrogens is 306 g/mol. The van der Waals surface area contributed by atoms with Gasteiger partial charge in [0.05, 0.1) is 6.33 Å². The lowest BCUT2D eigenvalue weighted by atomic mass is 10.4. The Morgan fingerprint density at radius 2 is 1.83 bits per heavy atom. The van der Waals surface area contributed by atoms with Crippen LogP contribution in [0.4, 0.5) is 0 Å². The average Bonchev–Trinajstić information content (AvgIpc) is 3.22. The number of carbonyl (C=O) groups excluding carboxylic acids is 1. The van der Waals surface area contributed by atoms with E-state index in [1.165, 1.54) is 11.8 Å². The van der Waals surface area contributed by atoms with Gasteiger partial charge in [-0.3, -0.25) is 9.89 Å². The van der Waals surface area contributed by atoms with Crippen LogP contribution in [0.15, 0.2) is 43.4 Å². The Labute approximate surface area is 143 Å². The molecule has 3 rings (SSSR count). The zero-order valence-electron chi connectivity index (χ0n) is 14.1. The number of aromatic amines is 1. The molecule has 8 heteroatoms. The van der Waals surface area contributed by atoms with Crippen molar-refractivity contribution in [3.8, 4) is 11.5 Å². The van der Waals surface area contributed by atoms with Crippen molar-refractivity contribution in [2.24, 2.45) is 14.1 Å². The van der Waals surface area contributed by atoms with Crippen LogP contribution in [-0.4, -0.2) is 54.2 Å². The van der Waals surface area contributed by atoms with Crippen molar-refractivity contribution >= 4 is 5.91 Å². The molecule has 3 aromatic rings. The molecule has 132 valence electrons. The molecule has 0 saturated carbocycles. The maximum atomic E-state index is 10.1. The molecule has 3 heterocycles. The maximum Gasteiger partial charge on any atom is 0.218 e. The fourth-order valence-corrected chi connectivity index (χ4v) is 1.33. The molecule has 8 nitrogen and oxygen atoms in total. The zero-order chi connectivity index (χ0) is 17.2. The van der Waals surface area contributed by atoms with Crippen LogP contribution in [0.2, 0.25) is 0 Å². The molecule has 0 bridgehead atoms. The van der Waals surface area contributed by atoms with E-state index in [4.69, 9.17) is 0 Å². The van der Waals surface area contributed by atoms with Crippen LogP contribution >= 0.6 is 0 Å². The molecule has 0 saturated heterocycles. The Morgan fingerprint density at radius 1 is 1.17 bits per heavy atom. The lowest BCUT2D eigenvalue weighted by Crippen LogP contribution is -2.17.